The molecule has 0 bridgehead atoms. The van der Waals surface area contributed by atoms with Crippen LogP contribution in [-0.2, 0) is 12.0 Å². The Morgan fingerprint density at radius 1 is 1.19 bits per heavy atom. The number of nitrogens with one attached hydrogen (secondary N) is 2. The van der Waals surface area contributed by atoms with Gasteiger partial charge in [-0.3, -0.25) is 10.1 Å². The Labute approximate surface area is 154 Å². The quantitative estimate of drug-likeness (QED) is 0.789. The normalized spacial score (nSPS) is 11.9. The summed E-state index contributed by atoms with van der Waals surface area (Å²) in [5.41, 5.74) is 0.416. The molecule has 0 radical (unpaired) electrons. The van der Waals surface area contributed by atoms with E-state index in [1.54, 1.807) is 30.3 Å². The maximum Gasteiger partial charge on any atom is 0.408 e. The van der Waals surface area contributed by atoms with Crippen LogP contribution in [0.1, 0.15) is 36.8 Å². The lowest BCUT2D eigenvalue weighted by atomic mass is 9.92. The van der Waals surface area contributed by atoms with Crippen molar-refractivity contribution in [1.82, 2.24) is 15.1 Å². The average Bonchev–Trinajstić information content (AvgIpc) is 2.89. The van der Waals surface area contributed by atoms with Crippen molar-refractivity contribution in [2.24, 2.45) is 0 Å². The SMILES string of the molecule is CC(C)(C)c1cc(NC(=S)NC(=O)c2ccccc2)n(CC(F)(F)F)n1. The summed E-state index contributed by atoms with van der Waals surface area (Å²) in [5.74, 6) is -0.397. The number of alkyl halides is 3. The molecule has 26 heavy (non-hydrogen) atoms. The minimum absolute atomic E-state index is 0.0608. The minimum Gasteiger partial charge on any atom is -0.317 e. The van der Waals surface area contributed by atoms with E-state index in [0.717, 1.165) is 4.68 Å². The minimum atomic E-state index is -4.44. The molecule has 0 fully saturated rings. The highest BCUT2D eigenvalue weighted by Gasteiger charge is 2.31. The van der Waals surface area contributed by atoms with Crippen LogP contribution in [-0.4, -0.2) is 27.0 Å². The first kappa shape index (κ1) is 19.9. The molecule has 0 saturated carbocycles. The number of benzene rings is 1. The lowest BCUT2D eigenvalue weighted by Gasteiger charge is -2.14. The monoisotopic (exact) mass is 384 g/mol. The Kier molecular flexibility index (Phi) is 5.70. The van der Waals surface area contributed by atoms with E-state index in [-0.39, 0.29) is 10.9 Å². The zero-order valence-electron chi connectivity index (χ0n) is 14.5. The molecule has 0 saturated heterocycles. The Balaban J connectivity index is 2.17. The topological polar surface area (TPSA) is 58.9 Å². The van der Waals surface area contributed by atoms with E-state index in [4.69, 9.17) is 12.2 Å². The third-order valence-corrected chi connectivity index (χ3v) is 3.59. The van der Waals surface area contributed by atoms with Gasteiger partial charge < -0.3 is 5.32 Å². The zero-order valence-corrected chi connectivity index (χ0v) is 15.3. The van der Waals surface area contributed by atoms with Gasteiger partial charge in [0.25, 0.3) is 5.91 Å². The third kappa shape index (κ3) is 5.55. The van der Waals surface area contributed by atoms with Gasteiger partial charge in [0.1, 0.15) is 12.4 Å². The summed E-state index contributed by atoms with van der Waals surface area (Å²) < 4.78 is 39.2. The van der Waals surface area contributed by atoms with Crippen LogP contribution < -0.4 is 10.6 Å². The summed E-state index contributed by atoms with van der Waals surface area (Å²) >= 11 is 5.05. The maximum atomic E-state index is 12.8. The van der Waals surface area contributed by atoms with Gasteiger partial charge in [0.05, 0.1) is 5.69 Å². The molecule has 9 heteroatoms. The summed E-state index contributed by atoms with van der Waals surface area (Å²) in [5, 5.41) is 8.98. The Bertz CT molecular complexity index is 795. The van der Waals surface area contributed by atoms with Gasteiger partial charge in [0.15, 0.2) is 5.11 Å². The van der Waals surface area contributed by atoms with Crippen molar-refractivity contribution in [3.8, 4) is 0 Å². The van der Waals surface area contributed by atoms with Crippen LogP contribution in [0.4, 0.5) is 19.0 Å². The zero-order chi connectivity index (χ0) is 19.5. The molecule has 1 heterocycles. The van der Waals surface area contributed by atoms with E-state index in [1.165, 1.54) is 6.07 Å². The fraction of sp³-hybridized carbons (Fsp3) is 0.353. The number of hydrogen-bond donors (Lipinski definition) is 2. The lowest BCUT2D eigenvalue weighted by molar-refractivity contribution is -0.142. The van der Waals surface area contributed by atoms with Crippen LogP contribution in [0.5, 0.6) is 0 Å². The van der Waals surface area contributed by atoms with E-state index in [2.05, 4.69) is 15.7 Å². The molecule has 2 rings (SSSR count). The summed E-state index contributed by atoms with van der Waals surface area (Å²) in [6.07, 6.45) is -4.44. The van der Waals surface area contributed by atoms with Crippen molar-refractivity contribution in [3.05, 3.63) is 47.7 Å². The van der Waals surface area contributed by atoms with Crippen molar-refractivity contribution in [2.45, 2.75) is 38.9 Å². The van der Waals surface area contributed by atoms with Crippen molar-refractivity contribution >= 4 is 29.1 Å². The fourth-order valence-electron chi connectivity index (χ4n) is 2.09. The molecule has 140 valence electrons. The van der Waals surface area contributed by atoms with Crippen LogP contribution >= 0.6 is 12.2 Å². The van der Waals surface area contributed by atoms with Crippen LogP contribution in [0.15, 0.2) is 36.4 Å². The van der Waals surface area contributed by atoms with Crippen molar-refractivity contribution in [1.29, 1.82) is 0 Å². The second-order valence-electron chi connectivity index (χ2n) is 6.71. The number of carbonyl (C=O) groups excluding carboxylic acids is 1. The molecule has 0 spiro atoms. The van der Waals surface area contributed by atoms with Crippen LogP contribution in [0.3, 0.4) is 0 Å². The summed E-state index contributed by atoms with van der Waals surface area (Å²) in [6, 6.07) is 9.84. The van der Waals surface area contributed by atoms with Gasteiger partial charge in [-0.2, -0.15) is 18.3 Å². The number of halogens is 3. The van der Waals surface area contributed by atoms with Gasteiger partial charge in [-0.1, -0.05) is 39.0 Å². The summed E-state index contributed by atoms with van der Waals surface area (Å²) in [6.45, 7) is 4.26. The Morgan fingerprint density at radius 2 is 1.81 bits per heavy atom. The molecule has 2 N–H and O–H groups in total. The molecular weight excluding hydrogens is 365 g/mol. The highest BCUT2D eigenvalue weighted by Crippen LogP contribution is 2.26. The second-order valence-corrected chi connectivity index (χ2v) is 7.12. The molecule has 1 aromatic heterocycles. The summed E-state index contributed by atoms with van der Waals surface area (Å²) in [7, 11) is 0. The number of carbonyl (C=O) groups is 1. The van der Waals surface area contributed by atoms with Crippen LogP contribution in [0, 0.1) is 0 Å². The molecule has 0 unspecified atom stereocenters. The van der Waals surface area contributed by atoms with Gasteiger partial charge in [0.2, 0.25) is 0 Å². The van der Waals surface area contributed by atoms with Crippen molar-refractivity contribution in [3.63, 3.8) is 0 Å². The van der Waals surface area contributed by atoms with Crippen molar-refractivity contribution < 1.29 is 18.0 Å². The fourth-order valence-corrected chi connectivity index (χ4v) is 2.28. The Morgan fingerprint density at radius 3 is 2.35 bits per heavy atom. The molecule has 1 amide bonds. The first-order chi connectivity index (χ1) is 12.0. The number of amides is 1. The van der Waals surface area contributed by atoms with Crippen LogP contribution in [0.2, 0.25) is 0 Å². The van der Waals surface area contributed by atoms with Crippen molar-refractivity contribution in [2.75, 3.05) is 5.32 Å². The smallest absolute Gasteiger partial charge is 0.317 e. The number of nitrogens with zero attached hydrogens (tertiary/aromatic N) is 2. The maximum absolute atomic E-state index is 12.8. The Hall–Kier alpha value is -2.42. The van der Waals surface area contributed by atoms with E-state index < -0.39 is 24.0 Å². The number of hydrogen-bond acceptors (Lipinski definition) is 3. The first-order valence-corrected chi connectivity index (χ1v) is 8.19. The molecule has 1 aromatic carbocycles. The van der Waals surface area contributed by atoms with Gasteiger partial charge >= 0.3 is 6.18 Å². The third-order valence-electron chi connectivity index (χ3n) is 3.38. The predicted octanol–water partition coefficient (Wildman–Crippen LogP) is 3.87. The average molecular weight is 384 g/mol. The van der Waals surface area contributed by atoms with E-state index in [1.807, 2.05) is 20.8 Å². The largest absolute Gasteiger partial charge is 0.408 e. The highest BCUT2D eigenvalue weighted by atomic mass is 32.1. The number of anilines is 1. The molecule has 0 aliphatic heterocycles. The van der Waals surface area contributed by atoms with E-state index in [9.17, 15) is 18.0 Å². The molecular formula is C17H19F3N4OS. The molecule has 0 atom stereocenters. The van der Waals surface area contributed by atoms with Gasteiger partial charge in [0, 0.05) is 17.0 Å². The number of aromatic nitrogens is 2. The van der Waals surface area contributed by atoms with E-state index in [0.29, 0.717) is 11.3 Å². The number of rotatable bonds is 3. The predicted molar refractivity (Wildman–Crippen MR) is 97.1 cm³/mol. The summed E-state index contributed by atoms with van der Waals surface area (Å²) in [4.78, 5) is 12.1. The molecule has 0 aliphatic carbocycles. The number of thiocarbonyl (C=S) groups is 1. The first-order valence-electron chi connectivity index (χ1n) is 7.78. The molecule has 5 nitrogen and oxygen atoms in total. The van der Waals surface area contributed by atoms with Gasteiger partial charge in [-0.05, 0) is 24.4 Å². The standard InChI is InChI=1S/C17H19F3N4OS/c1-16(2,3)12-9-13(24(23-12)10-17(18,19)20)21-15(26)22-14(25)11-7-5-4-6-8-11/h4-9H,10H2,1-3H3,(H2,21,22,25,26). The van der Waals surface area contributed by atoms with E-state index >= 15 is 0 Å². The molecule has 2 aromatic rings. The highest BCUT2D eigenvalue weighted by molar-refractivity contribution is 7.80. The van der Waals surface area contributed by atoms with Gasteiger partial charge in [-0.25, -0.2) is 4.68 Å². The molecule has 0 aliphatic rings. The van der Waals surface area contributed by atoms with Crippen LogP contribution in [0.25, 0.3) is 0 Å². The second kappa shape index (κ2) is 7.45. The lowest BCUT2D eigenvalue weighted by Crippen LogP contribution is -2.35. The van der Waals surface area contributed by atoms with Gasteiger partial charge in [-0.15, -0.1) is 0 Å².